The molecule has 0 bridgehead atoms. The molecule has 2 unspecified atom stereocenters. The first kappa shape index (κ1) is 31.8. The van der Waals surface area contributed by atoms with Gasteiger partial charge in [-0.1, -0.05) is 36.6 Å². The van der Waals surface area contributed by atoms with Crippen molar-refractivity contribution in [2.24, 2.45) is 17.8 Å². The van der Waals surface area contributed by atoms with E-state index in [1.165, 1.54) is 49.0 Å². The molecule has 0 spiro atoms. The minimum absolute atomic E-state index is 0.0864. The van der Waals surface area contributed by atoms with E-state index in [1.807, 2.05) is 0 Å². The summed E-state index contributed by atoms with van der Waals surface area (Å²) in [5.41, 5.74) is 2.70. The van der Waals surface area contributed by atoms with Gasteiger partial charge >= 0.3 is 0 Å². The highest BCUT2D eigenvalue weighted by molar-refractivity contribution is 5.29. The van der Waals surface area contributed by atoms with Crippen molar-refractivity contribution in [3.63, 3.8) is 0 Å². The molecule has 4 rings (SSSR count). The van der Waals surface area contributed by atoms with E-state index in [0.29, 0.717) is 17.8 Å². The molecule has 5 heteroatoms. The maximum absolute atomic E-state index is 9.23. The van der Waals surface area contributed by atoms with Crippen LogP contribution in [0.4, 0.5) is 0 Å². The van der Waals surface area contributed by atoms with Gasteiger partial charge in [-0.3, -0.25) is 0 Å². The quantitative estimate of drug-likeness (QED) is 0.117. The average Bonchev–Trinajstić information content (AvgIpc) is 3.46. The molecule has 2 aliphatic heterocycles. The molecule has 0 aromatic carbocycles. The number of hydrogen-bond acceptors (Lipinski definition) is 5. The number of aliphatic hydroxyl groups excluding tert-OH is 1. The monoisotopic (exact) mass is 558 g/mol. The zero-order chi connectivity index (χ0) is 28.2. The standard InChI is InChI=1S/C35H58O5/c1-27(2)13-11-14-28(3)15-12-17-32(39-33-18-6-9-23-37-33)30-20-21-35(40-34-19-7-10-24-38-34)26-29(25-31(30)35)16-5-4-8-22-36/h13,17,26,28,30-31,33-34,36H,4-12,14-16,18-25H2,1-3H3/t28-,30+,31+,33?,34?,35-/m1/s1. The number of allylic oxidation sites excluding steroid dienone is 5. The maximum atomic E-state index is 9.23. The summed E-state index contributed by atoms with van der Waals surface area (Å²) < 4.78 is 25.9. The SMILES string of the molecule is CC(C)=CCC[C@@H](C)CCC=C(OC1CCCCO1)[C@H]1CC[C@@]2(OC3CCCCO3)C=C(CCCCCO)C[C@@H]12. The van der Waals surface area contributed by atoms with Crippen LogP contribution in [0.15, 0.2) is 35.1 Å². The van der Waals surface area contributed by atoms with Crippen molar-refractivity contribution in [1.82, 2.24) is 0 Å². The van der Waals surface area contributed by atoms with E-state index in [9.17, 15) is 5.11 Å². The van der Waals surface area contributed by atoms with Crippen LogP contribution in [0.25, 0.3) is 0 Å². The van der Waals surface area contributed by atoms with Gasteiger partial charge in [-0.25, -0.2) is 0 Å². The Kier molecular flexibility index (Phi) is 13.1. The van der Waals surface area contributed by atoms with Crippen molar-refractivity contribution >= 4 is 0 Å². The van der Waals surface area contributed by atoms with E-state index < -0.39 is 0 Å². The van der Waals surface area contributed by atoms with Gasteiger partial charge in [0.25, 0.3) is 0 Å². The molecule has 2 aliphatic carbocycles. The van der Waals surface area contributed by atoms with Gasteiger partial charge in [-0.05, 0) is 122 Å². The summed E-state index contributed by atoms with van der Waals surface area (Å²) in [5, 5.41) is 9.23. The summed E-state index contributed by atoms with van der Waals surface area (Å²) in [6, 6.07) is 0. The van der Waals surface area contributed by atoms with Crippen molar-refractivity contribution in [2.75, 3.05) is 19.8 Å². The molecule has 1 N–H and O–H groups in total. The van der Waals surface area contributed by atoms with E-state index in [0.717, 1.165) is 90.3 Å². The molecule has 1 saturated carbocycles. The van der Waals surface area contributed by atoms with Crippen molar-refractivity contribution in [1.29, 1.82) is 0 Å². The van der Waals surface area contributed by atoms with Crippen LogP contribution < -0.4 is 0 Å². The molecule has 4 aliphatic rings. The number of aliphatic hydroxyl groups is 1. The highest BCUT2D eigenvalue weighted by Gasteiger charge is 2.54. The largest absolute Gasteiger partial charge is 0.469 e. The topological polar surface area (TPSA) is 57.2 Å². The number of rotatable bonds is 16. The summed E-state index contributed by atoms with van der Waals surface area (Å²) in [7, 11) is 0. The van der Waals surface area contributed by atoms with Gasteiger partial charge in [0.15, 0.2) is 12.6 Å². The van der Waals surface area contributed by atoms with Gasteiger partial charge in [0.05, 0.1) is 18.0 Å². The number of hydrogen-bond donors (Lipinski definition) is 1. The molecule has 0 amide bonds. The van der Waals surface area contributed by atoms with Gasteiger partial charge < -0.3 is 24.1 Å². The van der Waals surface area contributed by atoms with Crippen LogP contribution >= 0.6 is 0 Å². The molecule has 0 radical (unpaired) electrons. The van der Waals surface area contributed by atoms with Gasteiger partial charge in [0, 0.05) is 31.5 Å². The van der Waals surface area contributed by atoms with E-state index >= 15 is 0 Å². The summed E-state index contributed by atoms with van der Waals surface area (Å²) in [6.07, 6.45) is 25.8. The van der Waals surface area contributed by atoms with Crippen LogP contribution in [0.2, 0.25) is 0 Å². The molecule has 6 atom stereocenters. The molecule has 0 aromatic rings. The Bertz CT molecular complexity index is 831. The second-order valence-corrected chi connectivity index (χ2v) is 13.2. The van der Waals surface area contributed by atoms with Crippen molar-refractivity contribution in [2.45, 2.75) is 148 Å². The fourth-order valence-electron chi connectivity index (χ4n) is 7.23. The van der Waals surface area contributed by atoms with Gasteiger partial charge in [0.1, 0.15) is 0 Å². The summed E-state index contributed by atoms with van der Waals surface area (Å²) in [4.78, 5) is 0. The van der Waals surface area contributed by atoms with Crippen LogP contribution in [0.3, 0.4) is 0 Å². The normalized spacial score (nSPS) is 31.5. The van der Waals surface area contributed by atoms with E-state index in [2.05, 4.69) is 39.0 Å². The highest BCUT2D eigenvalue weighted by Crippen LogP contribution is 2.55. The summed E-state index contributed by atoms with van der Waals surface area (Å²) in [6.45, 7) is 8.67. The van der Waals surface area contributed by atoms with E-state index in [4.69, 9.17) is 18.9 Å². The van der Waals surface area contributed by atoms with Crippen LogP contribution in [0.1, 0.15) is 130 Å². The lowest BCUT2D eigenvalue weighted by Gasteiger charge is -2.36. The second kappa shape index (κ2) is 16.5. The van der Waals surface area contributed by atoms with Gasteiger partial charge in [-0.15, -0.1) is 0 Å². The fraction of sp³-hybridized carbons (Fsp3) is 0.829. The Morgan fingerprint density at radius 3 is 2.38 bits per heavy atom. The van der Waals surface area contributed by atoms with Crippen molar-refractivity contribution in [3.05, 3.63) is 35.1 Å². The minimum Gasteiger partial charge on any atom is -0.469 e. The number of fused-ring (bicyclic) bond motifs is 1. The van der Waals surface area contributed by atoms with E-state index in [1.54, 1.807) is 0 Å². The predicted octanol–water partition coefficient (Wildman–Crippen LogP) is 8.77. The molecule has 2 heterocycles. The zero-order valence-corrected chi connectivity index (χ0v) is 25.8. The first-order valence-corrected chi connectivity index (χ1v) is 16.7. The first-order valence-electron chi connectivity index (χ1n) is 16.7. The molecule has 3 fully saturated rings. The third-order valence-corrected chi connectivity index (χ3v) is 9.52. The third kappa shape index (κ3) is 9.44. The van der Waals surface area contributed by atoms with Crippen molar-refractivity contribution < 1.29 is 24.1 Å². The Balaban J connectivity index is 1.47. The Morgan fingerprint density at radius 1 is 0.975 bits per heavy atom. The van der Waals surface area contributed by atoms with E-state index in [-0.39, 0.29) is 24.8 Å². The average molecular weight is 559 g/mol. The van der Waals surface area contributed by atoms with Crippen molar-refractivity contribution in [3.8, 4) is 0 Å². The van der Waals surface area contributed by atoms with Crippen LogP contribution in [-0.4, -0.2) is 43.1 Å². The summed E-state index contributed by atoms with van der Waals surface area (Å²) in [5.74, 6) is 2.63. The molecular formula is C35H58O5. The molecule has 0 aromatic heterocycles. The Morgan fingerprint density at radius 2 is 1.70 bits per heavy atom. The number of unbranched alkanes of at least 4 members (excludes halogenated alkanes) is 2. The van der Waals surface area contributed by atoms with Crippen LogP contribution in [0.5, 0.6) is 0 Å². The molecule has 5 nitrogen and oxygen atoms in total. The van der Waals surface area contributed by atoms with Gasteiger partial charge in [-0.2, -0.15) is 0 Å². The molecular weight excluding hydrogens is 500 g/mol. The lowest BCUT2D eigenvalue weighted by atomic mass is 9.85. The maximum Gasteiger partial charge on any atom is 0.199 e. The lowest BCUT2D eigenvalue weighted by molar-refractivity contribution is -0.219. The number of ether oxygens (including phenoxy) is 4. The first-order chi connectivity index (χ1) is 19.5. The highest BCUT2D eigenvalue weighted by atomic mass is 16.7. The fourth-order valence-corrected chi connectivity index (χ4v) is 7.23. The van der Waals surface area contributed by atoms with Crippen LogP contribution in [-0.2, 0) is 18.9 Å². The second-order valence-electron chi connectivity index (χ2n) is 13.2. The lowest BCUT2D eigenvalue weighted by Crippen LogP contribution is -2.40. The Hall–Kier alpha value is -1.14. The third-order valence-electron chi connectivity index (χ3n) is 9.52. The van der Waals surface area contributed by atoms with Crippen LogP contribution in [0, 0.1) is 17.8 Å². The summed E-state index contributed by atoms with van der Waals surface area (Å²) >= 11 is 0. The predicted molar refractivity (Wildman–Crippen MR) is 162 cm³/mol. The minimum atomic E-state index is -0.244. The zero-order valence-electron chi connectivity index (χ0n) is 25.8. The smallest absolute Gasteiger partial charge is 0.199 e. The Labute approximate surface area is 244 Å². The molecule has 40 heavy (non-hydrogen) atoms. The van der Waals surface area contributed by atoms with Gasteiger partial charge in [0.2, 0.25) is 0 Å². The molecule has 2 saturated heterocycles. The molecule has 228 valence electrons.